The third kappa shape index (κ3) is 3.42. The van der Waals surface area contributed by atoms with E-state index in [4.69, 9.17) is 0 Å². The quantitative estimate of drug-likeness (QED) is 0.648. The van der Waals surface area contributed by atoms with E-state index in [2.05, 4.69) is 18.8 Å². The Hall–Kier alpha value is 1.42. The summed E-state index contributed by atoms with van der Waals surface area (Å²) in [6.45, 7) is 2.23. The second kappa shape index (κ2) is 4.42. The molecule has 0 N–H and O–H groups in total. The van der Waals surface area contributed by atoms with Crippen LogP contribution in [0.15, 0.2) is 0 Å². The maximum absolute atomic E-state index is 3.47. The first-order valence-electron chi connectivity index (χ1n) is 1.47. The molecule has 4 heavy (non-hydrogen) atoms. The van der Waals surface area contributed by atoms with Crippen LogP contribution in [0.2, 0.25) is 3.93 Å². The molecule has 0 aliphatic carbocycles. The normalized spacial score (nSPS) is 5.50. The molecular weight excluding hydrogens is 305 g/mol. The van der Waals surface area contributed by atoms with Gasteiger partial charge in [-0.3, -0.25) is 0 Å². The van der Waals surface area contributed by atoms with E-state index in [1.165, 1.54) is 3.93 Å². The summed E-state index contributed by atoms with van der Waals surface area (Å²) in [6, 6.07) is 0. The standard InChI is InChI=1S/C2H5.BrH.Hg/c1-2;;/h1H2,2H3;1H;/q;;+1/p-1. The summed E-state index contributed by atoms with van der Waals surface area (Å²) in [5.74, 6) is 0. The first-order valence-corrected chi connectivity index (χ1v) is 17.3. The summed E-state index contributed by atoms with van der Waals surface area (Å²) in [5.41, 5.74) is 0. The molecule has 0 aliphatic rings. The van der Waals surface area contributed by atoms with Gasteiger partial charge in [-0.1, -0.05) is 0 Å². The van der Waals surface area contributed by atoms with Gasteiger partial charge in [-0.15, -0.1) is 0 Å². The predicted octanol–water partition coefficient (Wildman–Crippen LogP) is 1.82. The van der Waals surface area contributed by atoms with Crippen molar-refractivity contribution in [3.8, 4) is 0 Å². The zero-order valence-electron chi connectivity index (χ0n) is 2.79. The monoisotopic (exact) mass is 310 g/mol. The Balaban J connectivity index is 1.97. The number of halogens is 1. The molecule has 0 aromatic carbocycles. The third-order valence-corrected chi connectivity index (χ3v) is 8.62. The maximum atomic E-state index is 3.47. The van der Waals surface area contributed by atoms with Crippen molar-refractivity contribution in [3.05, 3.63) is 0 Å². The molecule has 0 aromatic heterocycles. The Morgan fingerprint density at radius 1 is 2.00 bits per heavy atom. The molecule has 0 spiro atoms. The van der Waals surface area contributed by atoms with Crippen molar-refractivity contribution >= 4 is 11.9 Å². The Kier molecular flexibility index (Phi) is 5.98. The SMILES string of the molecule is C[CH2][Hg][Br]. The summed E-state index contributed by atoms with van der Waals surface area (Å²) >= 11 is 3.17. The minimum atomic E-state index is -0.300. The van der Waals surface area contributed by atoms with Gasteiger partial charge in [0.1, 0.15) is 0 Å². The van der Waals surface area contributed by atoms with Crippen molar-refractivity contribution in [1.82, 2.24) is 0 Å². The average Bonchev–Trinajstić information content (AvgIpc) is 1.37. The van der Waals surface area contributed by atoms with E-state index in [0.29, 0.717) is 0 Å². The Labute approximate surface area is 44.7 Å². The fourth-order valence-corrected chi connectivity index (χ4v) is 0. The molecule has 0 bridgehead atoms. The molecule has 0 unspecified atom stereocenters. The summed E-state index contributed by atoms with van der Waals surface area (Å²) in [6.07, 6.45) is 0. The second-order valence-corrected chi connectivity index (χ2v) is 13.0. The van der Waals surface area contributed by atoms with Crippen molar-refractivity contribution in [1.29, 1.82) is 0 Å². The molecule has 0 heterocycles. The van der Waals surface area contributed by atoms with Gasteiger partial charge in [-0.25, -0.2) is 0 Å². The van der Waals surface area contributed by atoms with Crippen LogP contribution in [0, 0.1) is 0 Å². The van der Waals surface area contributed by atoms with Crippen molar-refractivity contribution in [3.63, 3.8) is 0 Å². The molecule has 0 aliphatic heterocycles. The van der Waals surface area contributed by atoms with Crippen LogP contribution >= 0.6 is 11.9 Å². The van der Waals surface area contributed by atoms with Crippen LogP contribution in [0.3, 0.4) is 0 Å². The van der Waals surface area contributed by atoms with Crippen LogP contribution in [0.25, 0.3) is 0 Å². The third-order valence-electron chi connectivity index (χ3n) is 0.189. The molecule has 0 saturated heterocycles. The van der Waals surface area contributed by atoms with E-state index in [1.54, 1.807) is 0 Å². The number of hydrogen-bond acceptors (Lipinski definition) is 0. The van der Waals surface area contributed by atoms with Crippen LogP contribution < -0.4 is 0 Å². The molecule has 0 rings (SSSR count). The van der Waals surface area contributed by atoms with Crippen LogP contribution in [-0.4, -0.2) is 0 Å². The van der Waals surface area contributed by atoms with Crippen molar-refractivity contribution in [2.24, 2.45) is 0 Å². The van der Waals surface area contributed by atoms with Crippen LogP contribution in [0.4, 0.5) is 0 Å². The van der Waals surface area contributed by atoms with Gasteiger partial charge in [0.05, 0.1) is 0 Å². The van der Waals surface area contributed by atoms with Gasteiger partial charge in [0.15, 0.2) is 0 Å². The van der Waals surface area contributed by atoms with E-state index < -0.39 is 0 Å². The molecule has 0 amide bonds. The summed E-state index contributed by atoms with van der Waals surface area (Å²) < 4.78 is 1.46. The first-order chi connectivity index (χ1) is 1.91. The summed E-state index contributed by atoms with van der Waals surface area (Å²) in [5, 5.41) is 0. The minimum absolute atomic E-state index is 0.300. The van der Waals surface area contributed by atoms with E-state index >= 15 is 0 Å². The van der Waals surface area contributed by atoms with E-state index in [0.717, 1.165) is 0 Å². The van der Waals surface area contributed by atoms with Crippen molar-refractivity contribution in [2.75, 3.05) is 0 Å². The van der Waals surface area contributed by atoms with Gasteiger partial charge in [0.25, 0.3) is 0 Å². The Morgan fingerprint density at radius 3 is 2.25 bits per heavy atom. The van der Waals surface area contributed by atoms with Crippen molar-refractivity contribution in [2.45, 2.75) is 10.9 Å². The first kappa shape index (κ1) is 5.42. The van der Waals surface area contributed by atoms with Crippen LogP contribution in [0.5, 0.6) is 0 Å². The van der Waals surface area contributed by atoms with Gasteiger partial charge in [0, 0.05) is 0 Å². The van der Waals surface area contributed by atoms with Gasteiger partial charge < -0.3 is 0 Å². The molecule has 2 heteroatoms. The average molecular weight is 310 g/mol. The van der Waals surface area contributed by atoms with E-state index in [9.17, 15) is 0 Å². The van der Waals surface area contributed by atoms with Crippen LogP contribution in [-0.2, 0) is 22.1 Å². The molecule has 0 aromatic rings. The fourth-order valence-electron chi connectivity index (χ4n) is 0. The molecule has 0 radical (unpaired) electrons. The van der Waals surface area contributed by atoms with E-state index in [-0.39, 0.29) is 22.1 Å². The second-order valence-electron chi connectivity index (χ2n) is 0.689. The molecule has 0 saturated carbocycles. The van der Waals surface area contributed by atoms with Crippen LogP contribution in [0.1, 0.15) is 6.92 Å². The van der Waals surface area contributed by atoms with Crippen molar-refractivity contribution < 1.29 is 22.1 Å². The zero-order chi connectivity index (χ0) is 3.41. The number of hydrogen-bond donors (Lipinski definition) is 0. The van der Waals surface area contributed by atoms with E-state index in [1.807, 2.05) is 0 Å². The molecular formula is C2H5BrHg. The molecule has 22 valence electrons. The van der Waals surface area contributed by atoms with Gasteiger partial charge in [-0.2, -0.15) is 0 Å². The summed E-state index contributed by atoms with van der Waals surface area (Å²) in [7, 11) is 0. The fraction of sp³-hybridized carbons (Fsp3) is 1.00. The Bertz CT molecular complexity index is 8.00. The topological polar surface area (TPSA) is 0 Å². The number of rotatable bonds is 1. The molecule has 0 fully saturated rings. The predicted molar refractivity (Wildman–Crippen MR) is 19.4 cm³/mol. The zero-order valence-corrected chi connectivity index (χ0v) is 9.88. The Morgan fingerprint density at radius 2 is 2.25 bits per heavy atom. The van der Waals surface area contributed by atoms with Gasteiger partial charge in [-0.05, 0) is 0 Å². The molecule has 0 atom stereocenters. The molecule has 0 nitrogen and oxygen atoms in total. The summed E-state index contributed by atoms with van der Waals surface area (Å²) in [4.78, 5) is 0. The van der Waals surface area contributed by atoms with Gasteiger partial charge in [0.2, 0.25) is 0 Å². The van der Waals surface area contributed by atoms with Gasteiger partial charge >= 0.3 is 44.9 Å².